The molecule has 2 aromatic carbocycles. The van der Waals surface area contributed by atoms with Crippen molar-refractivity contribution in [1.82, 2.24) is 14.7 Å². The number of halogens is 1. The Morgan fingerprint density at radius 3 is 2.50 bits per heavy atom. The van der Waals surface area contributed by atoms with Crippen LogP contribution in [0.2, 0.25) is 0 Å². The fourth-order valence-corrected chi connectivity index (χ4v) is 5.30. The molecule has 4 aromatic rings. The Morgan fingerprint density at radius 1 is 1.06 bits per heavy atom. The molecule has 0 unspecified atom stereocenters. The van der Waals surface area contributed by atoms with Gasteiger partial charge in [-0.05, 0) is 44.5 Å². The quantitative estimate of drug-likeness (QED) is 0.411. The van der Waals surface area contributed by atoms with E-state index >= 15 is 4.39 Å². The van der Waals surface area contributed by atoms with E-state index in [0.717, 1.165) is 5.39 Å². The van der Waals surface area contributed by atoms with E-state index in [1.54, 1.807) is 69.6 Å². The summed E-state index contributed by atoms with van der Waals surface area (Å²) in [4.78, 5) is 7.37. The van der Waals surface area contributed by atoms with E-state index in [0.29, 0.717) is 33.5 Å². The van der Waals surface area contributed by atoms with Crippen LogP contribution in [-0.2, 0) is 16.6 Å². The number of nitrogens with one attached hydrogen (secondary N) is 2. The van der Waals surface area contributed by atoms with Gasteiger partial charge in [-0.25, -0.2) is 22.5 Å². The van der Waals surface area contributed by atoms with Crippen LogP contribution in [-0.4, -0.2) is 29.0 Å². The first-order chi connectivity index (χ1) is 15.1. The van der Waals surface area contributed by atoms with Gasteiger partial charge in [-0.2, -0.15) is 0 Å². The molecule has 0 saturated carbocycles. The molecule has 0 saturated heterocycles. The van der Waals surface area contributed by atoms with Crippen molar-refractivity contribution in [1.29, 1.82) is 0 Å². The summed E-state index contributed by atoms with van der Waals surface area (Å²) < 4.78 is 43.7. The molecule has 6 nitrogen and oxygen atoms in total. The van der Waals surface area contributed by atoms with Crippen LogP contribution in [0, 0.1) is 5.82 Å². The SMILES string of the molecule is CC(C)(C)NS(=O)(=O)c1ccccc1-c1ccc(-c2cnc3[nH]cc(CO)c3c2)c(F)c1. The minimum Gasteiger partial charge on any atom is -0.392 e. The molecule has 0 fully saturated rings. The number of H-pyrrole nitrogens is 1. The maximum atomic E-state index is 15.2. The molecule has 0 aliphatic rings. The predicted molar refractivity (Wildman–Crippen MR) is 123 cm³/mol. The number of benzene rings is 2. The third-order valence-electron chi connectivity index (χ3n) is 5.00. The van der Waals surface area contributed by atoms with Crippen molar-refractivity contribution >= 4 is 21.1 Å². The summed E-state index contributed by atoms with van der Waals surface area (Å²) in [6, 6.07) is 12.9. The third kappa shape index (κ3) is 4.29. The molecule has 8 heteroatoms. The lowest BCUT2D eigenvalue weighted by Gasteiger charge is -2.21. The van der Waals surface area contributed by atoms with Crippen molar-refractivity contribution < 1.29 is 17.9 Å². The fraction of sp³-hybridized carbons (Fsp3) is 0.208. The standard InChI is InChI=1S/C24H24FN3O3S/c1-24(2,3)28-32(30,31)22-7-5-4-6-19(22)15-8-9-18(21(25)11-15)16-10-20-17(14-29)13-27-23(20)26-12-16/h4-13,28-29H,14H2,1-3H3,(H,26,27). The normalized spacial score (nSPS) is 12.4. The number of pyridine rings is 1. The topological polar surface area (TPSA) is 95.1 Å². The van der Waals surface area contributed by atoms with Gasteiger partial charge in [-0.3, -0.25) is 0 Å². The number of nitrogens with zero attached hydrogens (tertiary/aromatic N) is 1. The van der Waals surface area contributed by atoms with E-state index in [-0.39, 0.29) is 11.5 Å². The van der Waals surface area contributed by atoms with Gasteiger partial charge in [0.2, 0.25) is 10.0 Å². The summed E-state index contributed by atoms with van der Waals surface area (Å²) in [5.41, 5.74) is 2.40. The highest BCUT2D eigenvalue weighted by molar-refractivity contribution is 7.89. The number of rotatable bonds is 5. The Balaban J connectivity index is 1.77. The lowest BCUT2D eigenvalue weighted by molar-refractivity contribution is 0.283. The van der Waals surface area contributed by atoms with Gasteiger partial charge in [0.25, 0.3) is 0 Å². The van der Waals surface area contributed by atoms with E-state index in [9.17, 15) is 13.5 Å². The highest BCUT2D eigenvalue weighted by Crippen LogP contribution is 2.33. The Morgan fingerprint density at radius 2 is 1.81 bits per heavy atom. The van der Waals surface area contributed by atoms with E-state index in [1.807, 2.05) is 0 Å². The Kier molecular flexibility index (Phi) is 5.62. The summed E-state index contributed by atoms with van der Waals surface area (Å²) in [5.74, 6) is -0.499. The minimum atomic E-state index is -3.81. The second kappa shape index (κ2) is 8.12. The van der Waals surface area contributed by atoms with Gasteiger partial charge in [0.15, 0.2) is 0 Å². The molecule has 2 heterocycles. The fourth-order valence-electron chi connectivity index (χ4n) is 3.65. The molecule has 4 rings (SSSR count). The highest BCUT2D eigenvalue weighted by Gasteiger charge is 2.25. The Bertz CT molecular complexity index is 1410. The predicted octanol–water partition coefficient (Wildman–Crippen LogP) is 4.61. The van der Waals surface area contributed by atoms with Crippen molar-refractivity contribution in [3.63, 3.8) is 0 Å². The summed E-state index contributed by atoms with van der Waals surface area (Å²) in [6.45, 7) is 5.14. The molecule has 0 aliphatic heterocycles. The van der Waals surface area contributed by atoms with Crippen molar-refractivity contribution in [2.75, 3.05) is 0 Å². The van der Waals surface area contributed by atoms with Crippen LogP contribution in [0.25, 0.3) is 33.3 Å². The van der Waals surface area contributed by atoms with Crippen molar-refractivity contribution in [2.45, 2.75) is 37.8 Å². The van der Waals surface area contributed by atoms with E-state index in [2.05, 4.69) is 14.7 Å². The second-order valence-corrected chi connectivity index (χ2v) is 10.3. The molecule has 3 N–H and O–H groups in total. The average Bonchev–Trinajstić information content (AvgIpc) is 3.14. The monoisotopic (exact) mass is 453 g/mol. The zero-order valence-electron chi connectivity index (χ0n) is 18.0. The number of hydrogen-bond acceptors (Lipinski definition) is 4. The van der Waals surface area contributed by atoms with E-state index < -0.39 is 21.4 Å². The molecule has 0 radical (unpaired) electrons. The van der Waals surface area contributed by atoms with Gasteiger partial charge >= 0.3 is 0 Å². The number of aliphatic hydroxyl groups excluding tert-OH is 1. The molecule has 0 amide bonds. The zero-order valence-corrected chi connectivity index (χ0v) is 18.8. The van der Waals surface area contributed by atoms with Crippen LogP contribution in [0.3, 0.4) is 0 Å². The van der Waals surface area contributed by atoms with Gasteiger partial charge < -0.3 is 10.1 Å². The number of aliphatic hydroxyl groups is 1. The molecule has 0 spiro atoms. The van der Waals surface area contributed by atoms with Crippen LogP contribution < -0.4 is 4.72 Å². The van der Waals surface area contributed by atoms with E-state index in [4.69, 9.17) is 0 Å². The molecular weight excluding hydrogens is 429 g/mol. The lowest BCUT2D eigenvalue weighted by Crippen LogP contribution is -2.40. The van der Waals surface area contributed by atoms with Gasteiger partial charge in [0.1, 0.15) is 11.5 Å². The maximum absolute atomic E-state index is 15.2. The minimum absolute atomic E-state index is 0.0880. The van der Waals surface area contributed by atoms with Gasteiger partial charge in [-0.1, -0.05) is 30.3 Å². The number of aromatic amines is 1. The first-order valence-corrected chi connectivity index (χ1v) is 11.6. The van der Waals surface area contributed by atoms with Crippen LogP contribution >= 0.6 is 0 Å². The van der Waals surface area contributed by atoms with Crippen molar-refractivity contribution in [3.8, 4) is 22.3 Å². The Labute approximate surface area is 186 Å². The van der Waals surface area contributed by atoms with Crippen LogP contribution in [0.1, 0.15) is 26.3 Å². The summed E-state index contributed by atoms with van der Waals surface area (Å²) in [6.07, 6.45) is 3.23. The molecule has 0 bridgehead atoms. The van der Waals surface area contributed by atoms with Gasteiger partial charge in [-0.15, -0.1) is 0 Å². The van der Waals surface area contributed by atoms with Crippen LogP contribution in [0.15, 0.2) is 65.8 Å². The molecular formula is C24H24FN3O3S. The molecule has 166 valence electrons. The number of aromatic nitrogens is 2. The van der Waals surface area contributed by atoms with Crippen molar-refractivity contribution in [3.05, 3.63) is 72.3 Å². The second-order valence-electron chi connectivity index (χ2n) is 8.64. The van der Waals surface area contributed by atoms with Gasteiger partial charge in [0.05, 0.1) is 11.5 Å². The van der Waals surface area contributed by atoms with Crippen LogP contribution in [0.5, 0.6) is 0 Å². The Hall–Kier alpha value is -3.07. The van der Waals surface area contributed by atoms with Crippen molar-refractivity contribution in [2.24, 2.45) is 0 Å². The molecule has 32 heavy (non-hydrogen) atoms. The van der Waals surface area contributed by atoms with Gasteiger partial charge in [0, 0.05) is 45.6 Å². The molecule has 0 atom stereocenters. The lowest BCUT2D eigenvalue weighted by atomic mass is 9.99. The molecule has 0 aliphatic carbocycles. The number of fused-ring (bicyclic) bond motifs is 1. The summed E-state index contributed by atoms with van der Waals surface area (Å²) >= 11 is 0. The van der Waals surface area contributed by atoms with E-state index in [1.165, 1.54) is 12.1 Å². The first kappa shape index (κ1) is 22.1. The molecule has 2 aromatic heterocycles. The largest absolute Gasteiger partial charge is 0.392 e. The first-order valence-electron chi connectivity index (χ1n) is 10.1. The summed E-state index contributed by atoms with van der Waals surface area (Å²) in [7, 11) is -3.81. The number of hydrogen-bond donors (Lipinski definition) is 3. The smallest absolute Gasteiger partial charge is 0.241 e. The maximum Gasteiger partial charge on any atom is 0.241 e. The highest BCUT2D eigenvalue weighted by atomic mass is 32.2. The average molecular weight is 454 g/mol. The zero-order chi connectivity index (χ0) is 23.1. The summed E-state index contributed by atoms with van der Waals surface area (Å²) in [5, 5.41) is 10.2. The van der Waals surface area contributed by atoms with Crippen LogP contribution in [0.4, 0.5) is 4.39 Å². The third-order valence-corrected chi connectivity index (χ3v) is 6.81. The number of sulfonamides is 1.